The van der Waals surface area contributed by atoms with E-state index >= 15 is 0 Å². The molecule has 0 amide bonds. The molecule has 1 aromatic heterocycles. The molecule has 1 aliphatic rings. The summed E-state index contributed by atoms with van der Waals surface area (Å²) >= 11 is 1.33. The van der Waals surface area contributed by atoms with Crippen LogP contribution in [0, 0.1) is 0 Å². The highest BCUT2D eigenvalue weighted by Gasteiger charge is 2.52. The lowest BCUT2D eigenvalue weighted by Crippen LogP contribution is -2.41. The first-order chi connectivity index (χ1) is 11.0. The molecule has 24 heavy (non-hydrogen) atoms. The van der Waals surface area contributed by atoms with Gasteiger partial charge in [0.25, 0.3) is 0 Å². The first-order valence-electron chi connectivity index (χ1n) is 7.46. The van der Waals surface area contributed by atoms with Gasteiger partial charge in [-0.3, -0.25) is 0 Å². The van der Waals surface area contributed by atoms with Gasteiger partial charge in [0, 0.05) is 10.9 Å². The van der Waals surface area contributed by atoms with Crippen molar-refractivity contribution < 1.29 is 22.5 Å². The number of nitrogens with zero attached hydrogens (tertiary/aromatic N) is 1. The van der Waals surface area contributed by atoms with Crippen molar-refractivity contribution >= 4 is 23.9 Å². The van der Waals surface area contributed by atoms with Gasteiger partial charge >= 0.3 is 13.3 Å². The predicted octanol–water partition coefficient (Wildman–Crippen LogP) is 4.13. The Morgan fingerprint density at radius 1 is 1.04 bits per heavy atom. The number of hydrogen-bond acceptors (Lipinski definition) is 4. The number of aromatic nitrogens is 1. The number of alkyl halides is 3. The lowest BCUT2D eigenvalue weighted by molar-refractivity contribution is -0.137. The molecule has 1 fully saturated rings. The molecule has 0 unspecified atom stereocenters. The third-order valence-corrected chi connectivity index (χ3v) is 5.12. The van der Waals surface area contributed by atoms with Crippen molar-refractivity contribution in [3.63, 3.8) is 0 Å². The largest absolute Gasteiger partial charge is 0.494 e. The van der Waals surface area contributed by atoms with Crippen LogP contribution < -0.4 is 5.46 Å². The molecule has 128 valence electrons. The fourth-order valence-corrected chi connectivity index (χ4v) is 2.99. The quantitative estimate of drug-likeness (QED) is 0.760. The van der Waals surface area contributed by atoms with Crippen LogP contribution in [0.1, 0.15) is 33.3 Å². The number of halogens is 3. The summed E-state index contributed by atoms with van der Waals surface area (Å²) in [5.41, 5.74) is 0.854. The third kappa shape index (κ3) is 3.10. The van der Waals surface area contributed by atoms with Crippen molar-refractivity contribution in [3.05, 3.63) is 34.7 Å². The van der Waals surface area contributed by atoms with Gasteiger partial charge in [0.15, 0.2) is 0 Å². The zero-order valence-electron chi connectivity index (χ0n) is 13.8. The molecule has 3 rings (SSSR count). The summed E-state index contributed by atoms with van der Waals surface area (Å²) in [7, 11) is -0.852. The Bertz CT molecular complexity index is 728. The number of hydrogen-bond donors (Lipinski definition) is 0. The van der Waals surface area contributed by atoms with Crippen LogP contribution in [0.3, 0.4) is 0 Å². The van der Waals surface area contributed by atoms with E-state index in [0.717, 1.165) is 12.1 Å². The lowest BCUT2D eigenvalue weighted by atomic mass is 9.77. The lowest BCUT2D eigenvalue weighted by Gasteiger charge is -2.32. The van der Waals surface area contributed by atoms with Crippen molar-refractivity contribution in [1.82, 2.24) is 4.98 Å². The summed E-state index contributed by atoms with van der Waals surface area (Å²) in [6.45, 7) is 7.45. The molecule has 0 aliphatic carbocycles. The first-order valence-corrected chi connectivity index (χ1v) is 8.40. The molecule has 0 atom stereocenters. The Morgan fingerprint density at radius 2 is 1.67 bits per heavy atom. The van der Waals surface area contributed by atoms with Crippen LogP contribution in [-0.4, -0.2) is 23.3 Å². The molecule has 0 spiro atoms. The van der Waals surface area contributed by atoms with Crippen LogP contribution in [0.5, 0.6) is 0 Å². The number of benzene rings is 1. The average Bonchev–Trinajstić information content (AvgIpc) is 3.04. The predicted molar refractivity (Wildman–Crippen MR) is 88.3 cm³/mol. The van der Waals surface area contributed by atoms with Gasteiger partial charge in [-0.15, -0.1) is 11.3 Å². The number of thiazole rings is 1. The topological polar surface area (TPSA) is 31.4 Å². The minimum Gasteiger partial charge on any atom is -0.399 e. The standard InChI is InChI=1S/C16H17BF3NO2S/c1-14(2)15(3,4)23-17(22-14)12-6-10(13-8-24-9-21-13)5-11(7-12)16(18,19)20/h5-9H,1-4H3. The monoisotopic (exact) mass is 355 g/mol. The molecule has 1 aliphatic heterocycles. The van der Waals surface area contributed by atoms with E-state index in [2.05, 4.69) is 4.98 Å². The maximum atomic E-state index is 13.3. The van der Waals surface area contributed by atoms with E-state index in [1.54, 1.807) is 17.0 Å². The molecule has 8 heteroatoms. The fraction of sp³-hybridized carbons (Fsp3) is 0.438. The zero-order chi connectivity index (χ0) is 17.8. The van der Waals surface area contributed by atoms with Crippen LogP contribution in [0.4, 0.5) is 13.2 Å². The van der Waals surface area contributed by atoms with Crippen LogP contribution in [-0.2, 0) is 15.5 Å². The van der Waals surface area contributed by atoms with Gasteiger partial charge in [0.2, 0.25) is 0 Å². The number of rotatable bonds is 2. The molecule has 1 saturated heterocycles. The highest BCUT2D eigenvalue weighted by Crippen LogP contribution is 2.38. The second kappa shape index (κ2) is 5.57. The Balaban J connectivity index is 2.07. The van der Waals surface area contributed by atoms with Gasteiger partial charge in [-0.25, -0.2) is 4.98 Å². The van der Waals surface area contributed by atoms with Crippen LogP contribution in [0.15, 0.2) is 29.1 Å². The van der Waals surface area contributed by atoms with Crippen molar-refractivity contribution in [2.24, 2.45) is 0 Å². The van der Waals surface area contributed by atoms with Crippen LogP contribution in [0.25, 0.3) is 11.3 Å². The van der Waals surface area contributed by atoms with Crippen molar-refractivity contribution in [2.45, 2.75) is 45.1 Å². The highest BCUT2D eigenvalue weighted by atomic mass is 32.1. The maximum absolute atomic E-state index is 13.3. The van der Waals surface area contributed by atoms with Crippen molar-refractivity contribution in [2.75, 3.05) is 0 Å². The summed E-state index contributed by atoms with van der Waals surface area (Å²) < 4.78 is 51.6. The molecule has 0 saturated carbocycles. The summed E-state index contributed by atoms with van der Waals surface area (Å²) in [4.78, 5) is 4.10. The fourth-order valence-electron chi connectivity index (χ4n) is 2.43. The van der Waals surface area contributed by atoms with E-state index in [-0.39, 0.29) is 0 Å². The summed E-state index contributed by atoms with van der Waals surface area (Å²) in [5, 5.41) is 1.71. The molecular formula is C16H17BF3NO2S. The highest BCUT2D eigenvalue weighted by molar-refractivity contribution is 7.07. The SMILES string of the molecule is CC1(C)OB(c2cc(-c3cscn3)cc(C(F)(F)F)c2)OC1(C)C. The van der Waals surface area contributed by atoms with E-state index in [1.165, 1.54) is 11.3 Å². The molecule has 1 aromatic carbocycles. The molecule has 2 heterocycles. The minimum absolute atomic E-state index is 0.339. The van der Waals surface area contributed by atoms with E-state index in [9.17, 15) is 13.2 Å². The van der Waals surface area contributed by atoms with Gasteiger partial charge in [-0.2, -0.15) is 13.2 Å². The normalized spacial score (nSPS) is 19.7. The van der Waals surface area contributed by atoms with Crippen molar-refractivity contribution in [1.29, 1.82) is 0 Å². The molecule has 0 bridgehead atoms. The summed E-state index contributed by atoms with van der Waals surface area (Å²) in [5.74, 6) is 0. The molecule has 0 radical (unpaired) electrons. The Hall–Kier alpha value is -1.38. The van der Waals surface area contributed by atoms with Gasteiger partial charge in [0.1, 0.15) is 0 Å². The molecule has 0 N–H and O–H groups in total. The second-order valence-electron chi connectivity index (χ2n) is 6.80. The average molecular weight is 355 g/mol. The summed E-state index contributed by atoms with van der Waals surface area (Å²) in [6.07, 6.45) is -4.45. The first kappa shape index (κ1) is 17.4. The smallest absolute Gasteiger partial charge is 0.399 e. The minimum atomic E-state index is -4.45. The zero-order valence-corrected chi connectivity index (χ0v) is 14.6. The Labute approximate surface area is 143 Å². The molecular weight excluding hydrogens is 338 g/mol. The van der Waals surface area contributed by atoms with Crippen molar-refractivity contribution in [3.8, 4) is 11.3 Å². The van der Waals surface area contributed by atoms with E-state index in [0.29, 0.717) is 16.7 Å². The van der Waals surface area contributed by atoms with Crippen LogP contribution in [0.2, 0.25) is 0 Å². The van der Waals surface area contributed by atoms with Gasteiger partial charge in [-0.05, 0) is 39.2 Å². The molecule has 2 aromatic rings. The van der Waals surface area contributed by atoms with E-state index < -0.39 is 30.1 Å². The summed E-state index contributed by atoms with van der Waals surface area (Å²) in [6, 6.07) is 3.83. The van der Waals surface area contributed by atoms with Gasteiger partial charge in [-0.1, -0.05) is 12.1 Å². The van der Waals surface area contributed by atoms with Gasteiger partial charge in [0.05, 0.1) is 28.0 Å². The van der Waals surface area contributed by atoms with E-state index in [1.807, 2.05) is 27.7 Å². The maximum Gasteiger partial charge on any atom is 0.494 e. The van der Waals surface area contributed by atoms with Gasteiger partial charge < -0.3 is 9.31 Å². The van der Waals surface area contributed by atoms with Crippen LogP contribution >= 0.6 is 11.3 Å². The van der Waals surface area contributed by atoms with E-state index in [4.69, 9.17) is 9.31 Å². The Morgan fingerprint density at radius 3 is 2.17 bits per heavy atom. The Kier molecular flexibility index (Phi) is 4.05. The second-order valence-corrected chi connectivity index (χ2v) is 7.52. The molecule has 3 nitrogen and oxygen atoms in total. The third-order valence-electron chi connectivity index (χ3n) is 4.54.